The van der Waals surface area contributed by atoms with Crippen molar-refractivity contribution < 1.29 is 35.9 Å². The quantitative estimate of drug-likeness (QED) is 0.473. The molecule has 124 valence electrons. The molecule has 1 aromatic carbocycles. The molecule has 10 heteroatoms. The van der Waals surface area contributed by atoms with E-state index < -0.39 is 46.6 Å². The van der Waals surface area contributed by atoms with E-state index in [1.165, 1.54) is 0 Å². The highest BCUT2D eigenvalue weighted by molar-refractivity contribution is 6.23. The Hall–Kier alpha value is -2.39. The van der Waals surface area contributed by atoms with E-state index in [0.717, 1.165) is 7.05 Å². The molecule has 0 aliphatic carbocycles. The summed E-state index contributed by atoms with van der Waals surface area (Å²) in [5.74, 6) is -2.37. The van der Waals surface area contributed by atoms with Crippen LogP contribution in [0.1, 0.15) is 16.7 Å². The number of halogens is 6. The van der Waals surface area contributed by atoms with Gasteiger partial charge in [0.25, 0.3) is 5.91 Å². The summed E-state index contributed by atoms with van der Waals surface area (Å²) >= 11 is 0. The van der Waals surface area contributed by atoms with E-state index in [9.17, 15) is 35.9 Å². The highest BCUT2D eigenvalue weighted by atomic mass is 19.4. The molecule has 0 spiro atoms. The smallest absolute Gasteiger partial charge is 0.302 e. The molecule has 4 nitrogen and oxygen atoms in total. The Morgan fingerprint density at radius 1 is 1.04 bits per heavy atom. The number of amides is 1. The Balaban J connectivity index is 2.65. The van der Waals surface area contributed by atoms with Crippen molar-refractivity contribution in [1.82, 2.24) is 5.01 Å². The molecule has 1 atom stereocenters. The van der Waals surface area contributed by atoms with Gasteiger partial charge in [-0.2, -0.15) is 31.4 Å². The van der Waals surface area contributed by atoms with Crippen molar-refractivity contribution in [2.45, 2.75) is 12.4 Å². The van der Waals surface area contributed by atoms with Crippen molar-refractivity contribution in [3.63, 3.8) is 0 Å². The second kappa shape index (κ2) is 5.36. The van der Waals surface area contributed by atoms with Gasteiger partial charge in [0.1, 0.15) is 12.2 Å². The second-order valence-corrected chi connectivity index (χ2v) is 4.76. The lowest BCUT2D eigenvalue weighted by atomic mass is 9.94. The SMILES string of the molecule is CN1N=C(c2cc(C(F)(F)F)cc(C(F)(F)F)c2)C(C=O)C1=O. The molecule has 1 aromatic rings. The monoisotopic (exact) mass is 338 g/mol. The van der Waals surface area contributed by atoms with Crippen LogP contribution in [0.15, 0.2) is 23.3 Å². The first-order valence-corrected chi connectivity index (χ1v) is 6.06. The Morgan fingerprint density at radius 3 is 1.91 bits per heavy atom. The number of carbonyl (C=O) groups is 2. The van der Waals surface area contributed by atoms with Gasteiger partial charge in [0, 0.05) is 12.6 Å². The van der Waals surface area contributed by atoms with Crippen LogP contribution in [0, 0.1) is 5.92 Å². The maximum atomic E-state index is 12.8. The third-order valence-corrected chi connectivity index (χ3v) is 3.16. The van der Waals surface area contributed by atoms with Crippen LogP contribution in [0.5, 0.6) is 0 Å². The van der Waals surface area contributed by atoms with Crippen LogP contribution >= 0.6 is 0 Å². The summed E-state index contributed by atoms with van der Waals surface area (Å²) in [6.45, 7) is 0. The first-order chi connectivity index (χ1) is 10.4. The third kappa shape index (κ3) is 3.20. The zero-order valence-corrected chi connectivity index (χ0v) is 11.4. The van der Waals surface area contributed by atoms with E-state index in [4.69, 9.17) is 0 Å². The van der Waals surface area contributed by atoms with Crippen molar-refractivity contribution in [3.05, 3.63) is 34.9 Å². The fraction of sp³-hybridized carbons (Fsp3) is 0.308. The molecule has 1 amide bonds. The number of nitrogens with zero attached hydrogens (tertiary/aromatic N) is 2. The zero-order chi connectivity index (χ0) is 17.6. The Labute approximate surface area is 125 Å². The Kier molecular flexibility index (Phi) is 3.95. The lowest BCUT2D eigenvalue weighted by Crippen LogP contribution is -2.26. The lowest BCUT2D eigenvalue weighted by molar-refractivity contribution is -0.143. The minimum atomic E-state index is -5.03. The van der Waals surface area contributed by atoms with Crippen LogP contribution in [0.25, 0.3) is 0 Å². The van der Waals surface area contributed by atoms with Gasteiger partial charge >= 0.3 is 12.4 Å². The number of aldehydes is 1. The fourth-order valence-corrected chi connectivity index (χ4v) is 2.05. The van der Waals surface area contributed by atoms with Crippen molar-refractivity contribution >= 4 is 17.9 Å². The number of alkyl halides is 6. The number of carbonyl (C=O) groups excluding carboxylic acids is 2. The summed E-state index contributed by atoms with van der Waals surface area (Å²) in [7, 11) is 1.14. The number of rotatable bonds is 2. The van der Waals surface area contributed by atoms with E-state index in [-0.39, 0.29) is 12.4 Å². The van der Waals surface area contributed by atoms with Gasteiger partial charge in [0.15, 0.2) is 0 Å². The molecule has 1 unspecified atom stereocenters. The van der Waals surface area contributed by atoms with Crippen LogP contribution in [0.2, 0.25) is 0 Å². The third-order valence-electron chi connectivity index (χ3n) is 3.16. The van der Waals surface area contributed by atoms with Crippen molar-refractivity contribution in [2.75, 3.05) is 7.05 Å². The van der Waals surface area contributed by atoms with E-state index >= 15 is 0 Å². The normalized spacial score (nSPS) is 19.1. The molecular weight excluding hydrogens is 330 g/mol. The predicted molar refractivity (Wildman–Crippen MR) is 65.3 cm³/mol. The summed E-state index contributed by atoms with van der Waals surface area (Å²) in [5.41, 5.74) is -4.13. The largest absolute Gasteiger partial charge is 0.416 e. The first-order valence-electron chi connectivity index (χ1n) is 6.06. The van der Waals surface area contributed by atoms with Gasteiger partial charge in [0.05, 0.1) is 16.8 Å². The number of hydrogen-bond donors (Lipinski definition) is 0. The fourth-order valence-electron chi connectivity index (χ4n) is 2.05. The average Bonchev–Trinajstić information content (AvgIpc) is 2.72. The van der Waals surface area contributed by atoms with E-state index in [1.807, 2.05) is 0 Å². The lowest BCUT2D eigenvalue weighted by Gasteiger charge is -2.14. The van der Waals surface area contributed by atoms with Gasteiger partial charge in [0.2, 0.25) is 0 Å². The van der Waals surface area contributed by atoms with Crippen LogP contribution in [0.3, 0.4) is 0 Å². The summed E-state index contributed by atoms with van der Waals surface area (Å²) in [5, 5.41) is 4.27. The molecule has 2 rings (SSSR count). The topological polar surface area (TPSA) is 49.7 Å². The van der Waals surface area contributed by atoms with Crippen LogP contribution in [-0.4, -0.2) is 30.0 Å². The number of benzene rings is 1. The van der Waals surface area contributed by atoms with Crippen LogP contribution < -0.4 is 0 Å². The second-order valence-electron chi connectivity index (χ2n) is 4.76. The molecule has 0 saturated heterocycles. The summed E-state index contributed by atoms with van der Waals surface area (Å²) in [6.07, 6.45) is -9.93. The molecule has 0 N–H and O–H groups in total. The number of hydrogen-bond acceptors (Lipinski definition) is 3. The molecule has 0 radical (unpaired) electrons. The van der Waals surface area contributed by atoms with Crippen molar-refractivity contribution in [2.24, 2.45) is 11.0 Å². The van der Waals surface area contributed by atoms with Gasteiger partial charge in [-0.15, -0.1) is 0 Å². The molecular formula is C13H8F6N2O2. The Bertz CT molecular complexity index is 660. The molecule has 0 fully saturated rings. The van der Waals surface area contributed by atoms with E-state index in [0.29, 0.717) is 17.1 Å². The zero-order valence-electron chi connectivity index (χ0n) is 11.4. The minimum absolute atomic E-state index is 0.0412. The summed E-state index contributed by atoms with van der Waals surface area (Å²) < 4.78 is 76.8. The molecule has 0 aromatic heterocycles. The van der Waals surface area contributed by atoms with Gasteiger partial charge in [-0.1, -0.05) is 0 Å². The van der Waals surface area contributed by atoms with Crippen LogP contribution in [-0.2, 0) is 21.9 Å². The van der Waals surface area contributed by atoms with Crippen molar-refractivity contribution in [1.29, 1.82) is 0 Å². The van der Waals surface area contributed by atoms with Crippen molar-refractivity contribution in [3.8, 4) is 0 Å². The summed E-state index contributed by atoms with van der Waals surface area (Å²) in [6, 6.07) is 0.814. The highest BCUT2D eigenvalue weighted by Crippen LogP contribution is 2.37. The maximum Gasteiger partial charge on any atom is 0.416 e. The molecule has 1 aliphatic rings. The molecule has 1 heterocycles. The molecule has 0 saturated carbocycles. The summed E-state index contributed by atoms with van der Waals surface area (Å²) in [4.78, 5) is 22.6. The molecule has 23 heavy (non-hydrogen) atoms. The minimum Gasteiger partial charge on any atom is -0.302 e. The van der Waals surface area contributed by atoms with Crippen LogP contribution in [0.4, 0.5) is 26.3 Å². The number of hydrazone groups is 1. The average molecular weight is 338 g/mol. The van der Waals surface area contributed by atoms with Gasteiger partial charge < -0.3 is 4.79 Å². The predicted octanol–water partition coefficient (Wildman–Crippen LogP) is 2.72. The van der Waals surface area contributed by atoms with E-state index in [1.54, 1.807) is 0 Å². The van der Waals surface area contributed by atoms with Gasteiger partial charge in [-0.05, 0) is 18.2 Å². The molecule has 0 bridgehead atoms. The Morgan fingerprint density at radius 2 is 1.52 bits per heavy atom. The highest BCUT2D eigenvalue weighted by Gasteiger charge is 2.40. The maximum absolute atomic E-state index is 12.8. The van der Waals surface area contributed by atoms with Gasteiger partial charge in [-0.25, -0.2) is 5.01 Å². The first kappa shape index (κ1) is 17.0. The van der Waals surface area contributed by atoms with Gasteiger partial charge in [-0.3, -0.25) is 4.79 Å². The van der Waals surface area contributed by atoms with E-state index in [2.05, 4.69) is 5.10 Å². The molecule has 1 aliphatic heterocycles. The standard InChI is InChI=1S/C13H8F6N2O2/c1-21-11(23)9(5-22)10(20-21)6-2-7(12(14,15)16)4-8(3-6)13(17,18)19/h2-5,9H,1H3.